The third-order valence-corrected chi connectivity index (χ3v) is 14.7. The van der Waals surface area contributed by atoms with Crippen molar-refractivity contribution in [3.05, 3.63) is 122 Å². The van der Waals surface area contributed by atoms with Crippen LogP contribution in [0.3, 0.4) is 0 Å². The zero-order chi connectivity index (χ0) is 61.9. The summed E-state index contributed by atoms with van der Waals surface area (Å²) in [7, 11) is 5.97. The third-order valence-electron chi connectivity index (χ3n) is 14.7. The number of rotatable bonds is 63. The van der Waals surface area contributed by atoms with Crippen molar-refractivity contribution in [1.82, 2.24) is 0 Å². The summed E-state index contributed by atoms with van der Waals surface area (Å²) in [6.45, 7) is 4.76. The predicted molar refractivity (Wildman–Crippen MR) is 364 cm³/mol. The number of allylic oxidation sites excluding steroid dienone is 20. The standard InChI is InChI=1S/C76H129NO8/c1-6-8-10-12-14-16-18-20-22-24-26-28-30-32-33-34-35-36-37-38-39-40-41-43-45-47-49-51-53-55-57-59-61-63-65-67-74(79)85-72(71-84-76(75(80)81)82-69-68-77(3,4)5)70-83-73(78)66-64-62-60-58-56-54-52-50-48-46-44-42-31-29-27-25-23-21-19-17-15-13-11-9-7-2/h8,10,14,16,20,22,25-28,32-33,35-36,38-39,41,43,47,49,72,76H,6-7,9,11-13,15,17-19,21,23-24,29-31,34,37,40,42,44-46,48,50-71H2,1-5H3/p+1/b10-8-,16-14-,22-20-,27-25-,28-26-,33-32-,36-35-,39-38-,43-41-,49-47-. The number of carbonyl (C=O) groups is 3. The van der Waals surface area contributed by atoms with Gasteiger partial charge >= 0.3 is 17.9 Å². The molecule has 2 atom stereocenters. The topological polar surface area (TPSA) is 108 Å². The molecular formula is C76H130NO8+. The van der Waals surface area contributed by atoms with Crippen LogP contribution < -0.4 is 0 Å². The molecule has 9 heteroatoms. The summed E-state index contributed by atoms with van der Waals surface area (Å²) in [5.74, 6) is -2.02. The van der Waals surface area contributed by atoms with Crippen LogP contribution in [0.5, 0.6) is 0 Å². The molecule has 2 unspecified atom stereocenters. The monoisotopic (exact) mass is 1180 g/mol. The molecule has 0 aliphatic heterocycles. The number of aliphatic carboxylic acids is 1. The second-order valence-electron chi connectivity index (χ2n) is 24.1. The van der Waals surface area contributed by atoms with E-state index in [1.807, 2.05) is 21.1 Å². The van der Waals surface area contributed by atoms with Crippen LogP contribution in [-0.4, -0.2) is 87.4 Å². The largest absolute Gasteiger partial charge is 0.477 e. The van der Waals surface area contributed by atoms with Crippen molar-refractivity contribution in [1.29, 1.82) is 0 Å². The maximum absolute atomic E-state index is 12.9. The van der Waals surface area contributed by atoms with Gasteiger partial charge in [0.15, 0.2) is 6.10 Å². The summed E-state index contributed by atoms with van der Waals surface area (Å²) in [6.07, 6.45) is 90.1. The summed E-state index contributed by atoms with van der Waals surface area (Å²) in [4.78, 5) is 37.6. The fourth-order valence-electron chi connectivity index (χ4n) is 9.41. The smallest absolute Gasteiger partial charge is 0.361 e. The van der Waals surface area contributed by atoms with E-state index in [-0.39, 0.29) is 32.2 Å². The number of likely N-dealkylation sites (N-methyl/N-ethyl adjacent to an activating group) is 1. The molecule has 486 valence electrons. The summed E-state index contributed by atoms with van der Waals surface area (Å²) in [5, 5.41) is 9.74. The minimum absolute atomic E-state index is 0.180. The first-order valence-corrected chi connectivity index (χ1v) is 34.7. The Kier molecular flexibility index (Phi) is 62.3. The fraction of sp³-hybridized carbons (Fsp3) is 0.697. The van der Waals surface area contributed by atoms with Gasteiger partial charge in [0.2, 0.25) is 0 Å². The Morgan fingerprint density at radius 2 is 0.671 bits per heavy atom. The average molecular weight is 1190 g/mol. The molecule has 0 aromatic heterocycles. The van der Waals surface area contributed by atoms with E-state index < -0.39 is 24.3 Å². The second kappa shape index (κ2) is 65.7. The van der Waals surface area contributed by atoms with Gasteiger partial charge in [-0.1, -0.05) is 283 Å². The van der Waals surface area contributed by atoms with Crippen molar-refractivity contribution >= 4 is 17.9 Å². The van der Waals surface area contributed by atoms with Crippen molar-refractivity contribution in [2.45, 2.75) is 296 Å². The number of carboxylic acids is 1. The van der Waals surface area contributed by atoms with Gasteiger partial charge in [-0.15, -0.1) is 0 Å². The zero-order valence-electron chi connectivity index (χ0n) is 55.5. The molecule has 0 spiro atoms. The second-order valence-corrected chi connectivity index (χ2v) is 24.1. The molecule has 0 aliphatic carbocycles. The Hall–Kier alpha value is -4.31. The molecule has 0 heterocycles. The third kappa shape index (κ3) is 67.1. The van der Waals surface area contributed by atoms with Crippen molar-refractivity contribution in [3.8, 4) is 0 Å². The van der Waals surface area contributed by atoms with E-state index in [1.165, 1.54) is 148 Å². The number of ether oxygens (including phenoxy) is 4. The van der Waals surface area contributed by atoms with Crippen LogP contribution >= 0.6 is 0 Å². The molecule has 0 radical (unpaired) electrons. The van der Waals surface area contributed by atoms with Crippen LogP contribution in [0.15, 0.2) is 122 Å². The Labute approximate surface area is 523 Å². The Bertz CT molecular complexity index is 1810. The number of unbranched alkanes of at least 4 members (excludes halogenated alkanes) is 28. The van der Waals surface area contributed by atoms with Gasteiger partial charge < -0.3 is 28.5 Å². The van der Waals surface area contributed by atoms with Gasteiger partial charge in [0.05, 0.1) is 34.4 Å². The Morgan fingerprint density at radius 3 is 1.01 bits per heavy atom. The van der Waals surface area contributed by atoms with Gasteiger partial charge in [0, 0.05) is 12.8 Å². The van der Waals surface area contributed by atoms with Gasteiger partial charge in [0.25, 0.3) is 6.29 Å². The van der Waals surface area contributed by atoms with E-state index in [4.69, 9.17) is 18.9 Å². The number of carbonyl (C=O) groups excluding carboxylic acids is 2. The number of quaternary nitrogens is 1. The highest BCUT2D eigenvalue weighted by Crippen LogP contribution is 2.16. The maximum Gasteiger partial charge on any atom is 0.361 e. The molecule has 0 rings (SSSR count). The Balaban J connectivity index is 4.20. The minimum atomic E-state index is -1.52. The van der Waals surface area contributed by atoms with Gasteiger partial charge in [-0.25, -0.2) is 4.79 Å². The van der Waals surface area contributed by atoms with E-state index in [9.17, 15) is 19.5 Å². The van der Waals surface area contributed by atoms with E-state index in [2.05, 4.69) is 135 Å². The molecule has 0 aromatic carbocycles. The van der Waals surface area contributed by atoms with Gasteiger partial charge in [-0.3, -0.25) is 9.59 Å². The number of nitrogens with zero attached hydrogens (tertiary/aromatic N) is 1. The first-order chi connectivity index (χ1) is 41.6. The zero-order valence-corrected chi connectivity index (χ0v) is 55.5. The summed E-state index contributed by atoms with van der Waals surface area (Å²) in [6, 6.07) is 0. The highest BCUT2D eigenvalue weighted by molar-refractivity contribution is 5.71. The lowest BCUT2D eigenvalue weighted by molar-refractivity contribution is -0.870. The van der Waals surface area contributed by atoms with E-state index in [0.717, 1.165) is 103 Å². The van der Waals surface area contributed by atoms with Crippen LogP contribution in [0.25, 0.3) is 0 Å². The molecule has 9 nitrogen and oxygen atoms in total. The number of esters is 2. The van der Waals surface area contributed by atoms with Crippen molar-refractivity contribution in [2.75, 3.05) is 47.5 Å². The fourth-order valence-corrected chi connectivity index (χ4v) is 9.41. The molecule has 85 heavy (non-hydrogen) atoms. The normalized spacial score (nSPS) is 13.5. The van der Waals surface area contributed by atoms with Gasteiger partial charge in [-0.05, 0) is 109 Å². The lowest BCUT2D eigenvalue weighted by atomic mass is 10.0. The van der Waals surface area contributed by atoms with Crippen LogP contribution in [0.1, 0.15) is 284 Å². The summed E-state index contributed by atoms with van der Waals surface area (Å²) >= 11 is 0. The molecular weight excluding hydrogens is 1050 g/mol. The first-order valence-electron chi connectivity index (χ1n) is 34.7. The summed E-state index contributed by atoms with van der Waals surface area (Å²) < 4.78 is 23.0. The lowest BCUT2D eigenvalue weighted by Gasteiger charge is -2.25. The maximum atomic E-state index is 12.9. The van der Waals surface area contributed by atoms with Crippen molar-refractivity contribution in [2.24, 2.45) is 0 Å². The SMILES string of the molecule is CC/C=C\C/C=C\C/C=C\C/C=C\C/C=C\C/C=C\C/C=C\C/C=C\C/C=C\CCCCCCCCCC(=O)OC(COC(=O)CCCCCCCCCCCCCCC/C=C\CCCCCCCCCC)COC(OCC[N+](C)(C)C)C(=O)O. The summed E-state index contributed by atoms with van der Waals surface area (Å²) in [5.41, 5.74) is 0. The van der Waals surface area contributed by atoms with Crippen molar-refractivity contribution in [3.63, 3.8) is 0 Å². The van der Waals surface area contributed by atoms with Crippen LogP contribution in [-0.2, 0) is 33.3 Å². The molecule has 0 aromatic rings. The predicted octanol–water partition coefficient (Wildman–Crippen LogP) is 21.6. The highest BCUT2D eigenvalue weighted by atomic mass is 16.7. The van der Waals surface area contributed by atoms with E-state index in [0.29, 0.717) is 23.9 Å². The van der Waals surface area contributed by atoms with Crippen molar-refractivity contribution < 1.29 is 42.9 Å². The van der Waals surface area contributed by atoms with E-state index >= 15 is 0 Å². The van der Waals surface area contributed by atoms with Crippen LogP contribution in [0.2, 0.25) is 0 Å². The first kappa shape index (κ1) is 80.7. The molecule has 0 aliphatic rings. The molecule has 0 bridgehead atoms. The molecule has 0 saturated heterocycles. The molecule has 0 saturated carbocycles. The van der Waals surface area contributed by atoms with Gasteiger partial charge in [-0.2, -0.15) is 0 Å². The highest BCUT2D eigenvalue weighted by Gasteiger charge is 2.25. The molecule has 1 N–H and O–H groups in total. The molecule has 0 fully saturated rings. The average Bonchev–Trinajstić information content (AvgIpc) is 3.48. The number of carboxylic acid groups (broad SMARTS) is 1. The van der Waals surface area contributed by atoms with Crippen LogP contribution in [0, 0.1) is 0 Å². The number of hydrogen-bond donors (Lipinski definition) is 1. The Morgan fingerprint density at radius 1 is 0.365 bits per heavy atom. The molecule has 0 amide bonds. The lowest BCUT2D eigenvalue weighted by Crippen LogP contribution is -2.40. The van der Waals surface area contributed by atoms with E-state index in [1.54, 1.807) is 0 Å². The minimum Gasteiger partial charge on any atom is -0.477 e. The quantitative estimate of drug-likeness (QED) is 0.0211. The van der Waals surface area contributed by atoms with Gasteiger partial charge in [0.1, 0.15) is 13.2 Å². The number of hydrogen-bond acceptors (Lipinski definition) is 7. The van der Waals surface area contributed by atoms with Crippen LogP contribution in [0.4, 0.5) is 0 Å².